The van der Waals surface area contributed by atoms with Crippen molar-refractivity contribution in [2.75, 3.05) is 125 Å². The monoisotopic (exact) mass is 1050 g/mol. The second-order valence-electron chi connectivity index (χ2n) is 15.2. The first-order valence-corrected chi connectivity index (χ1v) is 20.0. The first-order chi connectivity index (χ1) is 31.4. The average Bonchev–Trinajstić information content (AvgIpc) is 3.21. The molecule has 0 aromatic heterocycles. The van der Waals surface area contributed by atoms with E-state index in [0.29, 0.717) is 0 Å². The van der Waals surface area contributed by atoms with Crippen LogP contribution < -0.4 is 5.32 Å². The molecule has 0 aromatic rings. The number of nitrogens with one attached hydrogen (secondary N) is 1. The third-order valence-corrected chi connectivity index (χ3v) is 10.2. The van der Waals surface area contributed by atoms with Gasteiger partial charge in [0.2, 0.25) is 11.8 Å². The Morgan fingerprint density at radius 3 is 1.25 bits per heavy atom. The second-order valence-corrected chi connectivity index (χ2v) is 15.2. The summed E-state index contributed by atoms with van der Waals surface area (Å²) >= 11 is 0. The van der Waals surface area contributed by atoms with Gasteiger partial charge in [-0.25, -0.2) is 0 Å². The number of aliphatic hydroxyl groups excluding tert-OH is 1. The maximum absolute atomic E-state index is 14.3. The molecule has 17 nitrogen and oxygen atoms in total. The molecule has 1 heterocycles. The van der Waals surface area contributed by atoms with E-state index in [1.165, 1.54) is 26.5 Å². The molecule has 1 saturated heterocycles. The summed E-state index contributed by atoms with van der Waals surface area (Å²) in [4.78, 5) is 67.6. The summed E-state index contributed by atoms with van der Waals surface area (Å²) in [6.45, 7) is -6.50. The zero-order valence-electron chi connectivity index (χ0n) is 36.0. The number of rotatable bonds is 27. The van der Waals surface area contributed by atoms with E-state index < -0.39 is 156 Å². The number of carbonyl (C=O) groups excluding carboxylic acids is 2. The van der Waals surface area contributed by atoms with Crippen molar-refractivity contribution in [3.63, 3.8) is 0 Å². The summed E-state index contributed by atoms with van der Waals surface area (Å²) in [5.41, 5.74) is 0. The minimum atomic E-state index is -8.77. The highest BCUT2D eigenvalue weighted by atomic mass is 19.4. The molecular weight excluding hydrogens is 1000 g/mol. The van der Waals surface area contributed by atoms with Crippen molar-refractivity contribution in [1.82, 2.24) is 29.8 Å². The zero-order valence-corrected chi connectivity index (χ0v) is 36.0. The number of carboxylic acid groups (broad SMARTS) is 3. The number of hydrogen-bond donors (Lipinski definition) is 5. The van der Waals surface area contributed by atoms with Crippen molar-refractivity contribution < 1.29 is 129 Å². The van der Waals surface area contributed by atoms with Crippen LogP contribution >= 0.6 is 0 Å². The highest BCUT2D eigenvalue weighted by molar-refractivity contribution is 5.87. The molecule has 1 aliphatic rings. The van der Waals surface area contributed by atoms with Crippen LogP contribution in [0, 0.1) is 0 Å². The third-order valence-electron chi connectivity index (χ3n) is 10.2. The quantitative estimate of drug-likeness (QED) is 0.0590. The van der Waals surface area contributed by atoms with Crippen molar-refractivity contribution in [2.24, 2.45) is 0 Å². The minimum absolute atomic E-state index is 0.0233. The van der Waals surface area contributed by atoms with E-state index >= 15 is 0 Å². The van der Waals surface area contributed by atoms with Crippen molar-refractivity contribution >= 4 is 29.7 Å². The summed E-state index contributed by atoms with van der Waals surface area (Å²) in [6, 6.07) is -1.15. The van der Waals surface area contributed by atoms with Crippen molar-refractivity contribution in [1.29, 1.82) is 0 Å². The minimum Gasteiger partial charge on any atom is -0.480 e. The Hall–Kier alpha value is -4.12. The lowest BCUT2D eigenvalue weighted by molar-refractivity contribution is -0.462. The average molecular weight is 1050 g/mol. The van der Waals surface area contributed by atoms with Crippen LogP contribution in [-0.4, -0.2) is 253 Å². The molecule has 69 heavy (non-hydrogen) atoms. The van der Waals surface area contributed by atoms with Crippen LogP contribution in [0.25, 0.3) is 0 Å². The first kappa shape index (κ1) is 62.9. The number of hydrogen-bond acceptors (Lipinski definition) is 12. The lowest BCUT2D eigenvalue weighted by Gasteiger charge is -2.42. The SMILES string of the molecule is CC(C(=O)NCC(=O)N(CCOCCO)CCOCCC(F)(F)C(F)(F)C(F)(F)C(F)(F)C(F)(F)C(F)(F)C(F)(F)C(F)(F)F)N1CCN(CC(=O)O)CCN(CC(=O)O)CCN(CC(=O)O)CC1. The molecule has 0 saturated carbocycles. The van der Waals surface area contributed by atoms with Crippen LogP contribution in [0.15, 0.2) is 0 Å². The van der Waals surface area contributed by atoms with Gasteiger partial charge >= 0.3 is 65.5 Å². The van der Waals surface area contributed by atoms with E-state index in [1.807, 2.05) is 0 Å². The predicted octanol–water partition coefficient (Wildman–Crippen LogP) is 2.22. The molecule has 1 fully saturated rings. The molecule has 5 N–H and O–H groups in total. The van der Waals surface area contributed by atoms with Gasteiger partial charge in [-0.05, 0) is 6.92 Å². The van der Waals surface area contributed by atoms with Gasteiger partial charge in [-0.15, -0.1) is 0 Å². The zero-order chi connectivity index (χ0) is 53.6. The molecule has 404 valence electrons. The third kappa shape index (κ3) is 16.2. The van der Waals surface area contributed by atoms with Crippen LogP contribution in [-0.2, 0) is 33.4 Å². The standard InChI is InChI=1S/C35H49F17N6O11/c1-22(57-9-7-55(20-25(63)64)5-3-54(19-24(61)62)4-6-56(8-10-57)21-26(65)66)27(67)53-18-23(60)58(12-16-69-17-13-59)11-15-68-14-2-28(36,37)29(38,39)30(40,41)31(42,43)32(44,45)33(46,47)34(48,49)35(50,51)52/h22,59H,2-21H2,1H3,(H,53,67)(H,61,62)(H,63,64)(H,65,66). The summed E-state index contributed by atoms with van der Waals surface area (Å²) in [5.74, 6) is -63.1. The molecule has 1 aliphatic heterocycles. The van der Waals surface area contributed by atoms with E-state index in [2.05, 4.69) is 10.1 Å². The maximum atomic E-state index is 14.3. The van der Waals surface area contributed by atoms with Gasteiger partial charge in [0.25, 0.3) is 0 Å². The summed E-state index contributed by atoms with van der Waals surface area (Å²) in [7, 11) is 0. The Kier molecular flexibility index (Phi) is 23.1. The Bertz CT molecular complexity index is 1670. The Balaban J connectivity index is 3.15. The number of aliphatic carboxylic acids is 3. The van der Waals surface area contributed by atoms with Gasteiger partial charge in [0.15, 0.2) is 0 Å². The molecule has 0 aromatic carbocycles. The van der Waals surface area contributed by atoms with Gasteiger partial charge in [0.05, 0.1) is 65.3 Å². The lowest BCUT2D eigenvalue weighted by atomic mass is 9.88. The van der Waals surface area contributed by atoms with Gasteiger partial charge < -0.3 is 40.1 Å². The molecule has 2 amide bonds. The number of halogens is 17. The van der Waals surface area contributed by atoms with Crippen molar-refractivity contribution in [3.05, 3.63) is 0 Å². The highest BCUT2D eigenvalue weighted by Gasteiger charge is 2.95. The molecule has 0 bridgehead atoms. The second kappa shape index (κ2) is 25.3. The van der Waals surface area contributed by atoms with Crippen molar-refractivity contribution in [3.8, 4) is 0 Å². The summed E-state index contributed by atoms with van der Waals surface area (Å²) in [6.07, 6.45) is -10.7. The van der Waals surface area contributed by atoms with E-state index in [-0.39, 0.29) is 59.0 Å². The highest BCUT2D eigenvalue weighted by Crippen LogP contribution is 2.64. The number of amides is 2. The van der Waals surface area contributed by atoms with E-state index in [1.54, 1.807) is 0 Å². The van der Waals surface area contributed by atoms with Crippen LogP contribution in [0.2, 0.25) is 0 Å². The van der Waals surface area contributed by atoms with Gasteiger partial charge in [0, 0.05) is 71.9 Å². The maximum Gasteiger partial charge on any atom is 0.460 e. The molecule has 0 spiro atoms. The van der Waals surface area contributed by atoms with Crippen LogP contribution in [0.5, 0.6) is 0 Å². The fraction of sp³-hybridized carbons (Fsp3) is 0.857. The Morgan fingerprint density at radius 1 is 0.536 bits per heavy atom. The smallest absolute Gasteiger partial charge is 0.460 e. The number of aliphatic hydroxyl groups is 1. The Labute approximate surface area is 380 Å². The van der Waals surface area contributed by atoms with Crippen LogP contribution in [0.1, 0.15) is 13.3 Å². The number of nitrogens with zero attached hydrogens (tertiary/aromatic N) is 5. The topological polar surface area (TPSA) is 213 Å². The number of alkyl halides is 17. The van der Waals surface area contributed by atoms with Crippen LogP contribution in [0.3, 0.4) is 0 Å². The lowest BCUT2D eigenvalue weighted by Crippen LogP contribution is -2.74. The molecule has 1 atom stereocenters. The number of ether oxygens (including phenoxy) is 2. The van der Waals surface area contributed by atoms with E-state index in [9.17, 15) is 114 Å². The number of carbonyl (C=O) groups is 5. The van der Waals surface area contributed by atoms with Gasteiger partial charge in [-0.2, -0.15) is 74.6 Å². The van der Waals surface area contributed by atoms with Gasteiger partial charge in [-0.3, -0.25) is 43.6 Å². The van der Waals surface area contributed by atoms with Gasteiger partial charge in [-0.1, -0.05) is 0 Å². The molecule has 34 heteroatoms. The largest absolute Gasteiger partial charge is 0.480 e. The van der Waals surface area contributed by atoms with Gasteiger partial charge in [0.1, 0.15) is 0 Å². The first-order valence-electron chi connectivity index (χ1n) is 20.0. The molecule has 1 unspecified atom stereocenters. The Morgan fingerprint density at radius 2 is 0.884 bits per heavy atom. The molecule has 0 radical (unpaired) electrons. The summed E-state index contributed by atoms with van der Waals surface area (Å²) in [5, 5.41) is 39.4. The van der Waals surface area contributed by atoms with Crippen LogP contribution in [0.4, 0.5) is 74.6 Å². The van der Waals surface area contributed by atoms with Crippen molar-refractivity contribution in [2.45, 2.75) is 67.0 Å². The normalized spacial score (nSPS) is 17.4. The molecule has 1 rings (SSSR count). The fourth-order valence-electron chi connectivity index (χ4n) is 6.11. The number of carboxylic acids is 3. The van der Waals surface area contributed by atoms with E-state index in [0.717, 1.165) is 4.90 Å². The fourth-order valence-corrected chi connectivity index (χ4v) is 6.11. The molecule has 0 aliphatic carbocycles. The molecular formula is C35H49F17N6O11. The van der Waals surface area contributed by atoms with E-state index in [4.69, 9.17) is 9.84 Å². The summed E-state index contributed by atoms with van der Waals surface area (Å²) < 4.78 is 241. The predicted molar refractivity (Wildman–Crippen MR) is 197 cm³/mol.